The predicted molar refractivity (Wildman–Crippen MR) is 89.2 cm³/mol. The zero-order valence-corrected chi connectivity index (χ0v) is 14.1. The summed E-state index contributed by atoms with van der Waals surface area (Å²) < 4.78 is 1.44. The van der Waals surface area contributed by atoms with Gasteiger partial charge >= 0.3 is 0 Å². The van der Waals surface area contributed by atoms with Gasteiger partial charge in [-0.15, -0.1) is 10.2 Å². The van der Waals surface area contributed by atoms with E-state index in [1.807, 2.05) is 0 Å². The Bertz CT molecular complexity index is 932. The summed E-state index contributed by atoms with van der Waals surface area (Å²) in [6.07, 6.45) is 1.40. The first kappa shape index (κ1) is 16.5. The maximum absolute atomic E-state index is 12.0. The van der Waals surface area contributed by atoms with E-state index >= 15 is 0 Å². The smallest absolute Gasteiger partial charge is 0.262 e. The van der Waals surface area contributed by atoms with E-state index in [-0.39, 0.29) is 30.4 Å². The zero-order chi connectivity index (χ0) is 17.1. The van der Waals surface area contributed by atoms with Crippen LogP contribution in [0.25, 0.3) is 11.0 Å². The van der Waals surface area contributed by atoms with Gasteiger partial charge in [-0.1, -0.05) is 23.1 Å². The molecular weight excluding hydrogens is 354 g/mol. The minimum absolute atomic E-state index is 0.0568. The molecule has 0 atom stereocenters. The maximum atomic E-state index is 12.0. The Morgan fingerprint density at radius 3 is 3.04 bits per heavy atom. The SMILES string of the molecule is Cc1nnc(NC(=O)CSc2nc3c(cnn3CCO)c(=O)[nH]2)s1. The number of carbonyl (C=O) groups is 1. The Morgan fingerprint density at radius 2 is 2.33 bits per heavy atom. The minimum Gasteiger partial charge on any atom is -0.394 e. The van der Waals surface area contributed by atoms with E-state index in [1.54, 1.807) is 6.92 Å². The van der Waals surface area contributed by atoms with Gasteiger partial charge in [0.15, 0.2) is 10.8 Å². The van der Waals surface area contributed by atoms with Crippen LogP contribution in [0, 0.1) is 6.92 Å². The van der Waals surface area contributed by atoms with Crippen LogP contribution in [0.2, 0.25) is 0 Å². The van der Waals surface area contributed by atoms with Gasteiger partial charge in [0.2, 0.25) is 11.0 Å². The lowest BCUT2D eigenvalue weighted by molar-refractivity contribution is -0.113. The summed E-state index contributed by atoms with van der Waals surface area (Å²) in [5.41, 5.74) is 0.0299. The van der Waals surface area contributed by atoms with Crippen molar-refractivity contribution in [3.8, 4) is 0 Å². The van der Waals surface area contributed by atoms with Crippen molar-refractivity contribution in [2.24, 2.45) is 0 Å². The molecule has 10 nitrogen and oxygen atoms in total. The van der Waals surface area contributed by atoms with Crippen LogP contribution in [-0.2, 0) is 11.3 Å². The summed E-state index contributed by atoms with van der Waals surface area (Å²) in [4.78, 5) is 30.8. The second-order valence-corrected chi connectivity index (χ2v) is 6.81. The van der Waals surface area contributed by atoms with Crippen molar-refractivity contribution in [2.75, 3.05) is 17.7 Å². The third-order valence-corrected chi connectivity index (χ3v) is 4.54. The number of amides is 1. The van der Waals surface area contributed by atoms with Gasteiger partial charge in [-0.05, 0) is 6.92 Å². The molecule has 3 heterocycles. The molecule has 12 heteroatoms. The number of anilines is 1. The third-order valence-electron chi connectivity index (χ3n) is 2.91. The van der Waals surface area contributed by atoms with Crippen molar-refractivity contribution in [3.63, 3.8) is 0 Å². The van der Waals surface area contributed by atoms with Crippen molar-refractivity contribution >= 4 is 45.2 Å². The summed E-state index contributed by atoms with van der Waals surface area (Å²) in [7, 11) is 0. The summed E-state index contributed by atoms with van der Waals surface area (Å²) in [6, 6.07) is 0. The van der Waals surface area contributed by atoms with Gasteiger partial charge in [0, 0.05) is 0 Å². The molecule has 0 aliphatic rings. The molecule has 0 saturated heterocycles. The Labute approximate surface area is 143 Å². The predicted octanol–water partition coefficient (Wildman–Crippen LogP) is 0.00262. The minimum atomic E-state index is -0.341. The van der Waals surface area contributed by atoms with Gasteiger partial charge in [-0.3, -0.25) is 14.9 Å². The van der Waals surface area contributed by atoms with Crippen LogP contribution in [0.1, 0.15) is 5.01 Å². The molecule has 1 amide bonds. The second-order valence-electron chi connectivity index (χ2n) is 4.66. The third kappa shape index (κ3) is 3.60. The van der Waals surface area contributed by atoms with Gasteiger partial charge in [0.1, 0.15) is 10.4 Å². The monoisotopic (exact) mass is 367 g/mol. The van der Waals surface area contributed by atoms with Crippen LogP contribution in [0.15, 0.2) is 16.1 Å². The number of carbonyl (C=O) groups excluding carboxylic acids is 1. The standard InChI is InChI=1S/C12H13N7O3S2/c1-6-17-18-12(24-6)14-8(21)5-23-11-15-9-7(10(22)16-11)4-13-19(9)2-3-20/h4,20H,2-3,5H2,1H3,(H,14,18,21)(H,15,16,22). The van der Waals surface area contributed by atoms with Crippen LogP contribution in [0.5, 0.6) is 0 Å². The van der Waals surface area contributed by atoms with Crippen LogP contribution < -0.4 is 10.9 Å². The molecule has 0 aliphatic carbocycles. The summed E-state index contributed by atoms with van der Waals surface area (Å²) >= 11 is 2.37. The lowest BCUT2D eigenvalue weighted by Crippen LogP contribution is -2.16. The van der Waals surface area contributed by atoms with E-state index in [1.165, 1.54) is 22.2 Å². The lowest BCUT2D eigenvalue weighted by atomic mass is 10.4. The highest BCUT2D eigenvalue weighted by atomic mass is 32.2. The number of hydrogen-bond donors (Lipinski definition) is 3. The number of rotatable bonds is 6. The Hall–Kier alpha value is -2.31. The number of aromatic nitrogens is 6. The second kappa shape index (κ2) is 7.07. The fourth-order valence-corrected chi connectivity index (χ4v) is 3.17. The van der Waals surface area contributed by atoms with E-state index in [2.05, 4.69) is 30.6 Å². The topological polar surface area (TPSA) is 139 Å². The maximum Gasteiger partial charge on any atom is 0.262 e. The molecule has 0 bridgehead atoms. The van der Waals surface area contributed by atoms with Gasteiger partial charge in [-0.2, -0.15) is 5.10 Å². The molecule has 3 rings (SSSR count). The molecule has 3 aromatic heterocycles. The number of thioether (sulfide) groups is 1. The number of aromatic amines is 1. The van der Waals surface area contributed by atoms with Crippen LogP contribution in [0.4, 0.5) is 5.13 Å². The molecule has 0 aliphatic heterocycles. The van der Waals surface area contributed by atoms with Crippen LogP contribution >= 0.6 is 23.1 Å². The van der Waals surface area contributed by atoms with Crippen molar-refractivity contribution < 1.29 is 9.90 Å². The first-order chi connectivity index (χ1) is 11.6. The molecule has 24 heavy (non-hydrogen) atoms. The molecular formula is C12H13N7O3S2. The van der Waals surface area contributed by atoms with Gasteiger partial charge in [-0.25, -0.2) is 9.67 Å². The fourth-order valence-electron chi connectivity index (χ4n) is 1.91. The highest BCUT2D eigenvalue weighted by Crippen LogP contribution is 2.17. The molecule has 3 aromatic rings. The molecule has 0 fully saturated rings. The first-order valence-corrected chi connectivity index (χ1v) is 8.66. The van der Waals surface area contributed by atoms with Gasteiger partial charge in [0.05, 0.1) is 25.1 Å². The first-order valence-electron chi connectivity index (χ1n) is 6.86. The van der Waals surface area contributed by atoms with E-state index in [4.69, 9.17) is 5.11 Å². The average molecular weight is 367 g/mol. The van der Waals surface area contributed by atoms with Crippen molar-refractivity contribution in [1.82, 2.24) is 29.9 Å². The summed E-state index contributed by atoms with van der Waals surface area (Å²) in [5, 5.41) is 25.1. The Kier molecular flexibility index (Phi) is 4.87. The number of aliphatic hydroxyl groups excluding tert-OH is 1. The molecule has 126 valence electrons. The number of nitrogens with one attached hydrogen (secondary N) is 2. The summed E-state index contributed by atoms with van der Waals surface area (Å²) in [5.74, 6) is -0.218. The lowest BCUT2D eigenvalue weighted by Gasteiger charge is -2.03. The normalized spacial score (nSPS) is 11.1. The average Bonchev–Trinajstić information content (AvgIpc) is 3.13. The molecule has 0 spiro atoms. The van der Waals surface area contributed by atoms with Crippen LogP contribution in [0.3, 0.4) is 0 Å². The van der Waals surface area contributed by atoms with Crippen LogP contribution in [-0.4, -0.2) is 53.3 Å². The highest BCUT2D eigenvalue weighted by molar-refractivity contribution is 7.99. The largest absolute Gasteiger partial charge is 0.394 e. The zero-order valence-electron chi connectivity index (χ0n) is 12.5. The number of H-pyrrole nitrogens is 1. The molecule has 0 aromatic carbocycles. The molecule has 0 radical (unpaired) electrons. The number of fused-ring (bicyclic) bond motifs is 1. The molecule has 3 N–H and O–H groups in total. The summed E-state index contributed by atoms with van der Waals surface area (Å²) in [6.45, 7) is 1.92. The van der Waals surface area contributed by atoms with Gasteiger partial charge < -0.3 is 10.1 Å². The van der Waals surface area contributed by atoms with E-state index < -0.39 is 0 Å². The Balaban J connectivity index is 1.71. The molecule has 0 unspecified atom stereocenters. The quantitative estimate of drug-likeness (QED) is 0.409. The number of nitrogens with zero attached hydrogens (tertiary/aromatic N) is 5. The van der Waals surface area contributed by atoms with E-state index in [9.17, 15) is 9.59 Å². The fraction of sp³-hybridized carbons (Fsp3) is 0.333. The number of hydrogen-bond acceptors (Lipinski definition) is 9. The van der Waals surface area contributed by atoms with Crippen molar-refractivity contribution in [1.29, 1.82) is 0 Å². The molecule has 0 saturated carbocycles. The number of aryl methyl sites for hydroxylation is 1. The highest BCUT2D eigenvalue weighted by Gasteiger charge is 2.12. The van der Waals surface area contributed by atoms with E-state index in [0.717, 1.165) is 16.8 Å². The van der Waals surface area contributed by atoms with Crippen molar-refractivity contribution in [3.05, 3.63) is 21.6 Å². The number of aliphatic hydroxyl groups is 1. The van der Waals surface area contributed by atoms with Gasteiger partial charge in [0.25, 0.3) is 5.56 Å². The van der Waals surface area contributed by atoms with Crippen molar-refractivity contribution in [2.45, 2.75) is 18.6 Å². The Morgan fingerprint density at radius 1 is 1.50 bits per heavy atom. The van der Waals surface area contributed by atoms with E-state index in [0.29, 0.717) is 21.3 Å².